The lowest BCUT2D eigenvalue weighted by Gasteiger charge is -2.31. The second-order valence-electron chi connectivity index (χ2n) is 7.07. The highest BCUT2D eigenvalue weighted by molar-refractivity contribution is 5.99. The molecule has 0 bridgehead atoms. The molecule has 145 valence electrons. The van der Waals surface area contributed by atoms with Gasteiger partial charge in [-0.05, 0) is 37.5 Å². The average molecular weight is 378 g/mol. The third-order valence-electron chi connectivity index (χ3n) is 5.24. The summed E-state index contributed by atoms with van der Waals surface area (Å²) in [5.41, 5.74) is 9.29. The van der Waals surface area contributed by atoms with Crippen molar-refractivity contribution in [3.8, 4) is 11.3 Å². The van der Waals surface area contributed by atoms with Crippen LogP contribution >= 0.6 is 0 Å². The van der Waals surface area contributed by atoms with E-state index in [2.05, 4.69) is 52.5 Å². The Morgan fingerprint density at radius 3 is 2.64 bits per heavy atom. The summed E-state index contributed by atoms with van der Waals surface area (Å²) in [7, 11) is 0. The van der Waals surface area contributed by atoms with Crippen molar-refractivity contribution in [3.05, 3.63) is 53.9 Å². The molecule has 28 heavy (non-hydrogen) atoms. The molecule has 0 spiro atoms. The summed E-state index contributed by atoms with van der Waals surface area (Å²) in [6, 6.07) is 11.9. The molecule has 1 fully saturated rings. The van der Waals surface area contributed by atoms with E-state index in [-0.39, 0.29) is 0 Å². The van der Waals surface area contributed by atoms with E-state index in [1.54, 1.807) is 10.6 Å². The number of carbonyl (C=O) groups is 1. The summed E-state index contributed by atoms with van der Waals surface area (Å²) in [4.78, 5) is 18.1. The molecule has 4 rings (SSSR count). The fourth-order valence-electron chi connectivity index (χ4n) is 3.78. The molecule has 1 aliphatic heterocycles. The van der Waals surface area contributed by atoms with Gasteiger partial charge in [0.25, 0.3) is 5.91 Å². The Morgan fingerprint density at radius 2 is 1.96 bits per heavy atom. The fraction of sp³-hybridized carbons (Fsp3) is 0.381. The smallest absolute Gasteiger partial charge is 0.252 e. The first-order valence-corrected chi connectivity index (χ1v) is 9.64. The molecule has 1 radical (unpaired) electrons. The quantitative estimate of drug-likeness (QED) is 0.711. The van der Waals surface area contributed by atoms with E-state index in [1.165, 1.54) is 5.56 Å². The maximum atomic E-state index is 11.6. The van der Waals surface area contributed by atoms with Gasteiger partial charge in [0.1, 0.15) is 0 Å². The molecule has 3 aromatic rings. The topological polar surface area (TPSA) is 85.8 Å². The largest absolute Gasteiger partial charge is 0.378 e. The highest BCUT2D eigenvalue weighted by Crippen LogP contribution is 2.23. The summed E-state index contributed by atoms with van der Waals surface area (Å²) in [5, 5.41) is 4.13. The second-order valence-corrected chi connectivity index (χ2v) is 7.07. The third-order valence-corrected chi connectivity index (χ3v) is 5.24. The lowest BCUT2D eigenvalue weighted by Crippen LogP contribution is -2.36. The Morgan fingerprint density at radius 1 is 1.21 bits per heavy atom. The van der Waals surface area contributed by atoms with Crippen molar-refractivity contribution in [2.75, 3.05) is 19.7 Å². The predicted molar refractivity (Wildman–Crippen MR) is 106 cm³/mol. The SMILES string of the molecule is CCOC1CCN(Cc2ccc(-c3ccc(C(N)=O)c4n[c]nn34)cc2)CC1. The number of primary amides is 1. The molecule has 1 amide bonds. The van der Waals surface area contributed by atoms with E-state index in [1.807, 2.05) is 6.07 Å². The van der Waals surface area contributed by atoms with Crippen LogP contribution < -0.4 is 5.73 Å². The standard InChI is InChI=1S/C21H24N5O2/c1-2-28-17-9-11-25(12-10-17)13-15-3-5-16(6-4-15)19-8-7-18(20(22)27)21-23-14-24-26(19)21/h3-8,17H,2,9-13H2,1H3,(H2,22,27). The van der Waals surface area contributed by atoms with Gasteiger partial charge in [-0.1, -0.05) is 24.3 Å². The van der Waals surface area contributed by atoms with Gasteiger partial charge in [-0.3, -0.25) is 9.69 Å². The molecular formula is C21H24N5O2. The van der Waals surface area contributed by atoms with E-state index in [0.29, 0.717) is 17.3 Å². The third kappa shape index (κ3) is 3.76. The Kier molecular flexibility index (Phi) is 5.36. The summed E-state index contributed by atoms with van der Waals surface area (Å²) in [6.07, 6.45) is 5.16. The van der Waals surface area contributed by atoms with Gasteiger partial charge < -0.3 is 10.5 Å². The van der Waals surface area contributed by atoms with Crippen LogP contribution in [0.2, 0.25) is 0 Å². The maximum absolute atomic E-state index is 11.6. The number of hydrogen-bond acceptors (Lipinski definition) is 5. The monoisotopic (exact) mass is 378 g/mol. The Bertz CT molecular complexity index is 959. The van der Waals surface area contributed by atoms with Gasteiger partial charge in [0, 0.05) is 31.8 Å². The summed E-state index contributed by atoms with van der Waals surface area (Å²) in [5.74, 6) is -0.526. The predicted octanol–water partition coefficient (Wildman–Crippen LogP) is 2.30. The molecule has 1 saturated heterocycles. The van der Waals surface area contributed by atoms with E-state index >= 15 is 0 Å². The van der Waals surface area contributed by atoms with Crippen molar-refractivity contribution in [3.63, 3.8) is 0 Å². The summed E-state index contributed by atoms with van der Waals surface area (Å²) in [6.45, 7) is 5.92. The molecule has 1 aliphatic rings. The highest BCUT2D eigenvalue weighted by atomic mass is 16.5. The Hall–Kier alpha value is -2.77. The molecule has 0 saturated carbocycles. The van der Waals surface area contributed by atoms with E-state index in [0.717, 1.165) is 50.3 Å². The number of pyridine rings is 1. The van der Waals surface area contributed by atoms with Gasteiger partial charge in [-0.15, -0.1) is 5.10 Å². The molecule has 7 nitrogen and oxygen atoms in total. The van der Waals surface area contributed by atoms with Gasteiger partial charge in [-0.2, -0.15) is 0 Å². The van der Waals surface area contributed by atoms with E-state index in [4.69, 9.17) is 10.5 Å². The molecule has 2 aromatic heterocycles. The second kappa shape index (κ2) is 8.08. The molecule has 2 N–H and O–H groups in total. The van der Waals surface area contributed by atoms with Crippen LogP contribution in [0.15, 0.2) is 36.4 Å². The van der Waals surface area contributed by atoms with E-state index in [9.17, 15) is 4.79 Å². The van der Waals surface area contributed by atoms with Crippen molar-refractivity contribution in [2.24, 2.45) is 5.73 Å². The molecule has 3 heterocycles. The zero-order valence-corrected chi connectivity index (χ0v) is 16.0. The minimum Gasteiger partial charge on any atom is -0.378 e. The molecule has 1 aromatic carbocycles. The number of fused-ring (bicyclic) bond motifs is 1. The first-order chi connectivity index (χ1) is 13.7. The van der Waals surface area contributed by atoms with Crippen LogP contribution in [-0.4, -0.2) is 51.2 Å². The van der Waals surface area contributed by atoms with Crippen LogP contribution in [0, 0.1) is 6.33 Å². The van der Waals surface area contributed by atoms with Crippen LogP contribution in [0.3, 0.4) is 0 Å². The van der Waals surface area contributed by atoms with Crippen LogP contribution in [0.25, 0.3) is 16.9 Å². The number of likely N-dealkylation sites (tertiary alicyclic amines) is 1. The van der Waals surface area contributed by atoms with Gasteiger partial charge in [0.05, 0.1) is 17.4 Å². The number of aromatic nitrogens is 3. The van der Waals surface area contributed by atoms with Crippen molar-refractivity contribution < 1.29 is 9.53 Å². The molecular weight excluding hydrogens is 354 g/mol. The van der Waals surface area contributed by atoms with E-state index < -0.39 is 5.91 Å². The lowest BCUT2D eigenvalue weighted by molar-refractivity contribution is 0.0125. The number of benzene rings is 1. The fourth-order valence-corrected chi connectivity index (χ4v) is 3.78. The van der Waals surface area contributed by atoms with Crippen LogP contribution in [-0.2, 0) is 11.3 Å². The molecule has 7 heteroatoms. The van der Waals surface area contributed by atoms with Crippen LogP contribution in [0.4, 0.5) is 0 Å². The van der Waals surface area contributed by atoms with Gasteiger partial charge in [0.15, 0.2) is 5.65 Å². The number of hydrogen-bond donors (Lipinski definition) is 1. The minimum absolute atomic E-state index is 0.338. The van der Waals surface area contributed by atoms with Crippen molar-refractivity contribution in [1.82, 2.24) is 19.5 Å². The van der Waals surface area contributed by atoms with Gasteiger partial charge >= 0.3 is 0 Å². The zero-order valence-electron chi connectivity index (χ0n) is 16.0. The van der Waals surface area contributed by atoms with Crippen LogP contribution in [0.1, 0.15) is 35.7 Å². The Balaban J connectivity index is 1.48. The first kappa shape index (κ1) is 18.6. The first-order valence-electron chi connectivity index (χ1n) is 9.64. The Labute approximate surface area is 164 Å². The zero-order chi connectivity index (χ0) is 19.5. The molecule has 0 unspecified atom stereocenters. The number of rotatable bonds is 6. The number of nitrogens with zero attached hydrogens (tertiary/aromatic N) is 4. The molecule has 0 aliphatic carbocycles. The minimum atomic E-state index is -0.526. The van der Waals surface area contributed by atoms with Gasteiger partial charge in [-0.25, -0.2) is 9.50 Å². The summed E-state index contributed by atoms with van der Waals surface area (Å²) >= 11 is 0. The average Bonchev–Trinajstić information content (AvgIpc) is 3.19. The van der Waals surface area contributed by atoms with Crippen LogP contribution in [0.5, 0.6) is 0 Å². The molecule has 0 atom stereocenters. The van der Waals surface area contributed by atoms with Crippen molar-refractivity contribution in [2.45, 2.75) is 32.4 Å². The normalized spacial score (nSPS) is 15.9. The highest BCUT2D eigenvalue weighted by Gasteiger charge is 2.19. The number of carbonyl (C=O) groups excluding carboxylic acids is 1. The summed E-state index contributed by atoms with van der Waals surface area (Å²) < 4.78 is 7.33. The number of ether oxygens (including phenoxy) is 1. The van der Waals surface area contributed by atoms with Gasteiger partial charge in [0.2, 0.25) is 6.33 Å². The number of nitrogens with two attached hydrogens (primary N) is 1. The number of piperidine rings is 1. The van der Waals surface area contributed by atoms with Crippen molar-refractivity contribution >= 4 is 11.6 Å². The maximum Gasteiger partial charge on any atom is 0.252 e. The lowest BCUT2D eigenvalue weighted by atomic mass is 10.0. The van der Waals surface area contributed by atoms with Crippen molar-refractivity contribution in [1.29, 1.82) is 0 Å². The number of amides is 1.